The van der Waals surface area contributed by atoms with Gasteiger partial charge >= 0.3 is 0 Å². The molecule has 0 bridgehead atoms. The maximum absolute atomic E-state index is 6.19. The van der Waals surface area contributed by atoms with Gasteiger partial charge in [-0.3, -0.25) is 0 Å². The number of halogens is 1. The van der Waals surface area contributed by atoms with Crippen molar-refractivity contribution in [1.29, 1.82) is 0 Å². The van der Waals surface area contributed by atoms with E-state index < -0.39 is 0 Å². The molecule has 3 rings (SSSR count). The Labute approximate surface area is 140 Å². The molecule has 5 heteroatoms. The van der Waals surface area contributed by atoms with Gasteiger partial charge in [-0.25, -0.2) is 0 Å². The van der Waals surface area contributed by atoms with Crippen LogP contribution in [0.4, 0.5) is 0 Å². The maximum Gasteiger partial charge on any atom is 0.228 e. The third-order valence-corrected chi connectivity index (χ3v) is 3.97. The van der Waals surface area contributed by atoms with Crippen molar-refractivity contribution in [2.24, 2.45) is 0 Å². The molecule has 0 spiro atoms. The standard InChI is InChI=1S/C18H18ClN3O/c1-22(13-15-9-5-6-10-16(15)19)12-11-17-20-18(21-23-17)14-7-3-2-4-8-14/h2-10H,11-13H2,1H3. The Hall–Kier alpha value is -2.17. The van der Waals surface area contributed by atoms with E-state index in [1.54, 1.807) is 0 Å². The molecule has 0 radical (unpaired) electrons. The maximum atomic E-state index is 6.19. The van der Waals surface area contributed by atoms with E-state index in [2.05, 4.69) is 22.1 Å². The molecule has 0 aliphatic rings. The zero-order valence-electron chi connectivity index (χ0n) is 12.9. The fourth-order valence-corrected chi connectivity index (χ4v) is 2.54. The predicted molar refractivity (Wildman–Crippen MR) is 91.2 cm³/mol. The molecule has 0 N–H and O–H groups in total. The van der Waals surface area contributed by atoms with E-state index in [9.17, 15) is 0 Å². The SMILES string of the molecule is CN(CCc1nc(-c2ccccc2)no1)Cc1ccccc1Cl. The van der Waals surface area contributed by atoms with Gasteiger partial charge in [-0.15, -0.1) is 0 Å². The number of hydrogen-bond donors (Lipinski definition) is 0. The lowest BCUT2D eigenvalue weighted by Gasteiger charge is -2.16. The van der Waals surface area contributed by atoms with E-state index in [1.165, 1.54) is 0 Å². The van der Waals surface area contributed by atoms with Crippen molar-refractivity contribution in [3.8, 4) is 11.4 Å². The predicted octanol–water partition coefficient (Wildman–Crippen LogP) is 4.06. The fraction of sp³-hybridized carbons (Fsp3) is 0.222. The number of benzene rings is 2. The first-order valence-corrected chi connectivity index (χ1v) is 7.90. The summed E-state index contributed by atoms with van der Waals surface area (Å²) >= 11 is 6.19. The largest absolute Gasteiger partial charge is 0.339 e. The van der Waals surface area contributed by atoms with Crippen molar-refractivity contribution in [2.45, 2.75) is 13.0 Å². The highest BCUT2D eigenvalue weighted by Crippen LogP contribution is 2.17. The average molecular weight is 328 g/mol. The van der Waals surface area contributed by atoms with Gasteiger partial charge in [0.15, 0.2) is 0 Å². The van der Waals surface area contributed by atoms with Crippen LogP contribution in [0, 0.1) is 0 Å². The molecule has 0 atom stereocenters. The highest BCUT2D eigenvalue weighted by molar-refractivity contribution is 6.31. The van der Waals surface area contributed by atoms with Crippen molar-refractivity contribution < 1.29 is 4.52 Å². The Bertz CT molecular complexity index is 758. The topological polar surface area (TPSA) is 42.2 Å². The normalized spacial score (nSPS) is 11.1. The summed E-state index contributed by atoms with van der Waals surface area (Å²) < 4.78 is 5.33. The molecule has 0 unspecified atom stereocenters. The molecule has 2 aromatic carbocycles. The summed E-state index contributed by atoms with van der Waals surface area (Å²) in [4.78, 5) is 6.63. The zero-order chi connectivity index (χ0) is 16.1. The van der Waals surface area contributed by atoms with Crippen LogP contribution < -0.4 is 0 Å². The van der Waals surface area contributed by atoms with Crippen LogP contribution in [0.15, 0.2) is 59.1 Å². The van der Waals surface area contributed by atoms with Crippen LogP contribution in [-0.2, 0) is 13.0 Å². The van der Waals surface area contributed by atoms with Gasteiger partial charge in [0.25, 0.3) is 0 Å². The third-order valence-electron chi connectivity index (χ3n) is 3.61. The van der Waals surface area contributed by atoms with Gasteiger partial charge in [0.05, 0.1) is 0 Å². The monoisotopic (exact) mass is 327 g/mol. The van der Waals surface area contributed by atoms with E-state index in [1.807, 2.05) is 54.6 Å². The van der Waals surface area contributed by atoms with Gasteiger partial charge in [-0.2, -0.15) is 4.98 Å². The zero-order valence-corrected chi connectivity index (χ0v) is 13.7. The summed E-state index contributed by atoms with van der Waals surface area (Å²) in [6.07, 6.45) is 0.709. The van der Waals surface area contributed by atoms with Crippen molar-refractivity contribution in [3.63, 3.8) is 0 Å². The quantitative estimate of drug-likeness (QED) is 0.684. The first-order chi connectivity index (χ1) is 11.2. The Morgan fingerprint density at radius 1 is 1.04 bits per heavy atom. The van der Waals surface area contributed by atoms with Gasteiger partial charge in [0, 0.05) is 30.1 Å². The molecule has 0 saturated heterocycles. The summed E-state index contributed by atoms with van der Waals surface area (Å²) in [7, 11) is 2.05. The van der Waals surface area contributed by atoms with Gasteiger partial charge < -0.3 is 9.42 Å². The minimum atomic E-state index is 0.634. The Kier molecular flexibility index (Phi) is 5.05. The third kappa shape index (κ3) is 4.18. The first kappa shape index (κ1) is 15.7. The van der Waals surface area contributed by atoms with Crippen LogP contribution in [0.1, 0.15) is 11.5 Å². The lowest BCUT2D eigenvalue weighted by molar-refractivity contribution is 0.303. The molecule has 0 aliphatic heterocycles. The fourth-order valence-electron chi connectivity index (χ4n) is 2.34. The lowest BCUT2D eigenvalue weighted by atomic mass is 10.2. The summed E-state index contributed by atoms with van der Waals surface area (Å²) in [6.45, 7) is 1.61. The Balaban J connectivity index is 1.56. The summed E-state index contributed by atoms with van der Waals surface area (Å²) in [5, 5.41) is 4.83. The number of nitrogens with zero attached hydrogens (tertiary/aromatic N) is 3. The molecule has 0 amide bonds. The van der Waals surface area contributed by atoms with Crippen LogP contribution >= 0.6 is 11.6 Å². The molecular weight excluding hydrogens is 310 g/mol. The van der Waals surface area contributed by atoms with Gasteiger partial charge in [-0.1, -0.05) is 65.3 Å². The molecule has 0 saturated carbocycles. The highest BCUT2D eigenvalue weighted by atomic mass is 35.5. The van der Waals surface area contributed by atoms with Crippen molar-refractivity contribution >= 4 is 11.6 Å². The second-order valence-corrected chi connectivity index (χ2v) is 5.86. The van der Waals surface area contributed by atoms with E-state index in [4.69, 9.17) is 16.1 Å². The van der Waals surface area contributed by atoms with Crippen molar-refractivity contribution in [2.75, 3.05) is 13.6 Å². The molecule has 0 aliphatic carbocycles. The second kappa shape index (κ2) is 7.40. The molecule has 4 nitrogen and oxygen atoms in total. The first-order valence-electron chi connectivity index (χ1n) is 7.52. The molecule has 1 heterocycles. The number of aromatic nitrogens is 2. The smallest absolute Gasteiger partial charge is 0.228 e. The van der Waals surface area contributed by atoms with Crippen LogP contribution in [-0.4, -0.2) is 28.6 Å². The lowest BCUT2D eigenvalue weighted by Crippen LogP contribution is -2.21. The molecule has 23 heavy (non-hydrogen) atoms. The Morgan fingerprint density at radius 3 is 2.57 bits per heavy atom. The van der Waals surface area contributed by atoms with Gasteiger partial charge in [0.1, 0.15) is 0 Å². The van der Waals surface area contributed by atoms with Crippen LogP contribution in [0.2, 0.25) is 5.02 Å². The number of likely N-dealkylation sites (N-methyl/N-ethyl adjacent to an activating group) is 1. The van der Waals surface area contributed by atoms with E-state index in [0.29, 0.717) is 18.1 Å². The minimum Gasteiger partial charge on any atom is -0.339 e. The van der Waals surface area contributed by atoms with E-state index >= 15 is 0 Å². The van der Waals surface area contributed by atoms with Crippen molar-refractivity contribution in [3.05, 3.63) is 71.1 Å². The second-order valence-electron chi connectivity index (χ2n) is 5.46. The van der Waals surface area contributed by atoms with Gasteiger partial charge in [0.2, 0.25) is 11.7 Å². The van der Waals surface area contributed by atoms with Crippen molar-refractivity contribution in [1.82, 2.24) is 15.0 Å². The molecular formula is C18H18ClN3O. The van der Waals surface area contributed by atoms with Crippen LogP contribution in [0.25, 0.3) is 11.4 Å². The van der Waals surface area contributed by atoms with Crippen LogP contribution in [0.5, 0.6) is 0 Å². The Morgan fingerprint density at radius 2 is 1.78 bits per heavy atom. The van der Waals surface area contributed by atoms with E-state index in [0.717, 1.165) is 29.2 Å². The summed E-state index contributed by atoms with van der Waals surface area (Å²) in [6, 6.07) is 17.7. The number of rotatable bonds is 6. The summed E-state index contributed by atoms with van der Waals surface area (Å²) in [5.74, 6) is 1.28. The molecule has 118 valence electrons. The highest BCUT2D eigenvalue weighted by Gasteiger charge is 2.10. The van der Waals surface area contributed by atoms with Gasteiger partial charge in [-0.05, 0) is 18.7 Å². The van der Waals surface area contributed by atoms with Crippen LogP contribution in [0.3, 0.4) is 0 Å². The minimum absolute atomic E-state index is 0.634. The molecule has 1 aromatic heterocycles. The summed E-state index contributed by atoms with van der Waals surface area (Å²) in [5.41, 5.74) is 2.08. The molecule has 0 fully saturated rings. The number of hydrogen-bond acceptors (Lipinski definition) is 4. The van der Waals surface area contributed by atoms with E-state index in [-0.39, 0.29) is 0 Å². The average Bonchev–Trinajstić information content (AvgIpc) is 3.05. The molecule has 3 aromatic rings.